The van der Waals surface area contributed by atoms with Crippen molar-refractivity contribution in [2.45, 2.75) is 0 Å². The highest BCUT2D eigenvalue weighted by Crippen LogP contribution is 2.34. The molecule has 4 rings (SSSR count). The number of benzene rings is 2. The fourth-order valence-electron chi connectivity index (χ4n) is 3.16. The summed E-state index contributed by atoms with van der Waals surface area (Å²) in [6.07, 6.45) is 1.45. The molecule has 0 saturated heterocycles. The molecule has 6 heteroatoms. The van der Waals surface area contributed by atoms with Crippen molar-refractivity contribution in [3.05, 3.63) is 60.9 Å². The van der Waals surface area contributed by atoms with Crippen LogP contribution in [0.3, 0.4) is 0 Å². The van der Waals surface area contributed by atoms with Gasteiger partial charge in [0.25, 0.3) is 0 Å². The standard InChI is InChI=1S/C22H21N5O/c1-27(2)16-8-4-15(5-9-16)19-12-18(14-6-10-17(28-3)11-7-14)20-21(23)24-13-25-22(20)26-19/h4-13H,1-3H3,(H2,23,24,25,26). The fourth-order valence-corrected chi connectivity index (χ4v) is 3.16. The van der Waals surface area contributed by atoms with Gasteiger partial charge < -0.3 is 15.4 Å². The minimum absolute atomic E-state index is 0.415. The van der Waals surface area contributed by atoms with Crippen molar-refractivity contribution in [1.29, 1.82) is 0 Å². The average Bonchev–Trinajstić information content (AvgIpc) is 2.73. The zero-order valence-electron chi connectivity index (χ0n) is 16.0. The van der Waals surface area contributed by atoms with Gasteiger partial charge in [-0.3, -0.25) is 0 Å². The van der Waals surface area contributed by atoms with E-state index >= 15 is 0 Å². The lowest BCUT2D eigenvalue weighted by atomic mass is 9.99. The van der Waals surface area contributed by atoms with Crippen molar-refractivity contribution in [3.63, 3.8) is 0 Å². The van der Waals surface area contributed by atoms with Crippen LogP contribution < -0.4 is 15.4 Å². The maximum atomic E-state index is 6.17. The molecule has 6 nitrogen and oxygen atoms in total. The summed E-state index contributed by atoms with van der Waals surface area (Å²) in [6, 6.07) is 18.1. The summed E-state index contributed by atoms with van der Waals surface area (Å²) in [5.41, 5.74) is 11.7. The van der Waals surface area contributed by atoms with E-state index in [4.69, 9.17) is 15.5 Å². The van der Waals surface area contributed by atoms with Crippen LogP contribution in [0.1, 0.15) is 0 Å². The third-order valence-electron chi connectivity index (χ3n) is 4.71. The van der Waals surface area contributed by atoms with Crippen molar-refractivity contribution in [3.8, 4) is 28.1 Å². The zero-order chi connectivity index (χ0) is 19.7. The van der Waals surface area contributed by atoms with E-state index in [0.717, 1.165) is 39.2 Å². The molecule has 2 aromatic heterocycles. The number of rotatable bonds is 4. The van der Waals surface area contributed by atoms with Crippen molar-refractivity contribution < 1.29 is 4.74 Å². The number of anilines is 2. The Labute approximate surface area is 163 Å². The molecule has 0 aliphatic heterocycles. The third kappa shape index (κ3) is 3.20. The van der Waals surface area contributed by atoms with E-state index in [1.807, 2.05) is 44.4 Å². The smallest absolute Gasteiger partial charge is 0.165 e. The molecule has 140 valence electrons. The molecule has 0 fully saturated rings. The molecule has 0 saturated carbocycles. The van der Waals surface area contributed by atoms with E-state index in [-0.39, 0.29) is 0 Å². The van der Waals surface area contributed by atoms with Gasteiger partial charge in [-0.15, -0.1) is 0 Å². The molecule has 0 spiro atoms. The molecule has 0 aliphatic carbocycles. The van der Waals surface area contributed by atoms with Crippen LogP contribution in [0.15, 0.2) is 60.9 Å². The first-order valence-electron chi connectivity index (χ1n) is 8.90. The van der Waals surface area contributed by atoms with Crippen molar-refractivity contribution >= 4 is 22.5 Å². The van der Waals surface area contributed by atoms with Crippen LogP contribution in [0, 0.1) is 0 Å². The van der Waals surface area contributed by atoms with Crippen LogP contribution in [0.2, 0.25) is 0 Å². The Morgan fingerprint density at radius 3 is 2.21 bits per heavy atom. The molecule has 0 unspecified atom stereocenters. The SMILES string of the molecule is COc1ccc(-c2cc(-c3ccc(N(C)C)cc3)nc3ncnc(N)c23)cc1. The number of ether oxygens (including phenoxy) is 1. The summed E-state index contributed by atoms with van der Waals surface area (Å²) in [6.45, 7) is 0. The topological polar surface area (TPSA) is 77.2 Å². The number of hydrogen-bond acceptors (Lipinski definition) is 6. The number of nitrogens with two attached hydrogens (primary N) is 1. The Kier molecular flexibility index (Phi) is 4.53. The van der Waals surface area contributed by atoms with Crippen LogP contribution in [-0.4, -0.2) is 36.2 Å². The molecule has 4 aromatic rings. The number of aromatic nitrogens is 3. The number of nitrogens with zero attached hydrogens (tertiary/aromatic N) is 4. The second-order valence-corrected chi connectivity index (χ2v) is 6.68. The normalized spacial score (nSPS) is 10.8. The van der Waals surface area contributed by atoms with Gasteiger partial charge >= 0.3 is 0 Å². The summed E-state index contributed by atoms with van der Waals surface area (Å²) < 4.78 is 5.27. The quantitative estimate of drug-likeness (QED) is 0.584. The lowest BCUT2D eigenvalue weighted by Gasteiger charge is -2.14. The Bertz CT molecular complexity index is 1120. The first-order chi connectivity index (χ1) is 13.6. The van der Waals surface area contributed by atoms with E-state index in [1.165, 1.54) is 6.33 Å². The molecule has 0 amide bonds. The van der Waals surface area contributed by atoms with Crippen LogP contribution in [0.25, 0.3) is 33.4 Å². The van der Waals surface area contributed by atoms with Crippen molar-refractivity contribution in [1.82, 2.24) is 15.0 Å². The van der Waals surface area contributed by atoms with Gasteiger partial charge in [-0.2, -0.15) is 0 Å². The minimum Gasteiger partial charge on any atom is -0.497 e. The number of hydrogen-bond donors (Lipinski definition) is 1. The molecule has 2 aromatic carbocycles. The highest BCUT2D eigenvalue weighted by Gasteiger charge is 2.14. The van der Waals surface area contributed by atoms with Gasteiger partial charge in [0.15, 0.2) is 5.65 Å². The Balaban J connectivity index is 1.91. The van der Waals surface area contributed by atoms with Gasteiger partial charge in [-0.05, 0) is 41.5 Å². The zero-order valence-corrected chi connectivity index (χ0v) is 16.0. The summed E-state index contributed by atoms with van der Waals surface area (Å²) in [4.78, 5) is 15.3. The van der Waals surface area contributed by atoms with E-state index in [9.17, 15) is 0 Å². The predicted octanol–water partition coefficient (Wildman–Crippen LogP) is 4.02. The minimum atomic E-state index is 0.415. The van der Waals surface area contributed by atoms with Crippen molar-refractivity contribution in [2.75, 3.05) is 31.8 Å². The molecular weight excluding hydrogens is 350 g/mol. The van der Waals surface area contributed by atoms with E-state index < -0.39 is 0 Å². The molecule has 0 bridgehead atoms. The van der Waals surface area contributed by atoms with Gasteiger partial charge in [0.05, 0.1) is 18.2 Å². The number of pyridine rings is 1. The summed E-state index contributed by atoms with van der Waals surface area (Å²) >= 11 is 0. The lowest BCUT2D eigenvalue weighted by Crippen LogP contribution is -2.08. The molecule has 2 N–H and O–H groups in total. The van der Waals surface area contributed by atoms with Gasteiger partial charge in [-0.1, -0.05) is 24.3 Å². The first-order valence-corrected chi connectivity index (χ1v) is 8.90. The van der Waals surface area contributed by atoms with Gasteiger partial charge in [0.1, 0.15) is 17.9 Å². The molecule has 0 atom stereocenters. The largest absolute Gasteiger partial charge is 0.497 e. The number of methoxy groups -OCH3 is 1. The maximum absolute atomic E-state index is 6.17. The number of fused-ring (bicyclic) bond motifs is 1. The van der Waals surface area contributed by atoms with Gasteiger partial charge in [0.2, 0.25) is 0 Å². The molecule has 0 radical (unpaired) electrons. The maximum Gasteiger partial charge on any atom is 0.165 e. The van der Waals surface area contributed by atoms with E-state index in [1.54, 1.807) is 7.11 Å². The summed E-state index contributed by atoms with van der Waals surface area (Å²) in [5, 5.41) is 0.751. The van der Waals surface area contributed by atoms with Crippen LogP contribution in [0.4, 0.5) is 11.5 Å². The van der Waals surface area contributed by atoms with Crippen LogP contribution in [0.5, 0.6) is 5.75 Å². The Morgan fingerprint density at radius 1 is 0.893 bits per heavy atom. The molecule has 0 aliphatic rings. The Hall–Kier alpha value is -3.67. The predicted molar refractivity (Wildman–Crippen MR) is 113 cm³/mol. The van der Waals surface area contributed by atoms with E-state index in [0.29, 0.717) is 11.5 Å². The highest BCUT2D eigenvalue weighted by atomic mass is 16.5. The first kappa shape index (κ1) is 17.7. The Morgan fingerprint density at radius 2 is 1.57 bits per heavy atom. The number of nitrogen functional groups attached to an aromatic ring is 1. The van der Waals surface area contributed by atoms with E-state index in [2.05, 4.69) is 39.1 Å². The average molecular weight is 371 g/mol. The third-order valence-corrected chi connectivity index (χ3v) is 4.71. The molecule has 2 heterocycles. The van der Waals surface area contributed by atoms with Crippen LogP contribution >= 0.6 is 0 Å². The summed E-state index contributed by atoms with van der Waals surface area (Å²) in [5.74, 6) is 1.21. The molecular formula is C22H21N5O. The monoisotopic (exact) mass is 371 g/mol. The van der Waals surface area contributed by atoms with Gasteiger partial charge in [0, 0.05) is 25.3 Å². The lowest BCUT2D eigenvalue weighted by molar-refractivity contribution is 0.415. The van der Waals surface area contributed by atoms with Crippen molar-refractivity contribution in [2.24, 2.45) is 0 Å². The fraction of sp³-hybridized carbons (Fsp3) is 0.136. The summed E-state index contributed by atoms with van der Waals surface area (Å²) in [7, 11) is 5.69. The highest BCUT2D eigenvalue weighted by molar-refractivity contribution is 6.01. The van der Waals surface area contributed by atoms with Crippen LogP contribution in [-0.2, 0) is 0 Å². The van der Waals surface area contributed by atoms with Gasteiger partial charge in [-0.25, -0.2) is 15.0 Å². The second-order valence-electron chi connectivity index (χ2n) is 6.68. The molecule has 28 heavy (non-hydrogen) atoms. The second kappa shape index (κ2) is 7.15.